The molecule has 0 atom stereocenters. The molecular formula is C14H10BrNO3. The Morgan fingerprint density at radius 3 is 2.47 bits per heavy atom. The first-order valence-electron chi connectivity index (χ1n) is 5.51. The van der Waals surface area contributed by atoms with Crippen LogP contribution in [0, 0.1) is 6.92 Å². The Labute approximate surface area is 118 Å². The van der Waals surface area contributed by atoms with Crippen molar-refractivity contribution in [1.29, 1.82) is 0 Å². The van der Waals surface area contributed by atoms with Crippen molar-refractivity contribution in [3.8, 4) is 0 Å². The topological polar surface area (TPSA) is 64.1 Å². The van der Waals surface area contributed by atoms with E-state index in [-0.39, 0.29) is 38.5 Å². The quantitative estimate of drug-likeness (QED) is 0.786. The van der Waals surface area contributed by atoms with Crippen LogP contribution in [0.5, 0.6) is 0 Å². The van der Waals surface area contributed by atoms with Crippen molar-refractivity contribution >= 4 is 33.3 Å². The van der Waals surface area contributed by atoms with Crippen molar-refractivity contribution in [3.05, 3.63) is 51.3 Å². The van der Waals surface area contributed by atoms with Crippen molar-refractivity contribution in [2.45, 2.75) is 13.8 Å². The van der Waals surface area contributed by atoms with Crippen LogP contribution in [0.4, 0.5) is 0 Å². The van der Waals surface area contributed by atoms with Crippen molar-refractivity contribution in [2.24, 2.45) is 0 Å². The number of Topliss-reactive ketones (excluding diaryl/α,β-unsaturated/α-hetero) is 3. The minimum atomic E-state index is -0.453. The fourth-order valence-electron chi connectivity index (χ4n) is 1.81. The first kappa shape index (κ1) is 13.5. The largest absolute Gasteiger partial charge is 0.295 e. The van der Waals surface area contributed by atoms with E-state index in [1.807, 2.05) is 0 Å². The summed E-state index contributed by atoms with van der Waals surface area (Å²) in [6, 6.07) is 3.22. The third-order valence-corrected chi connectivity index (χ3v) is 3.62. The summed E-state index contributed by atoms with van der Waals surface area (Å²) in [6.07, 6.45) is 0. The summed E-state index contributed by atoms with van der Waals surface area (Å²) in [5.41, 5.74) is 0.959. The fraction of sp³-hybridized carbons (Fsp3) is 0.143. The average molecular weight is 320 g/mol. The first-order chi connectivity index (χ1) is 8.84. The van der Waals surface area contributed by atoms with Crippen LogP contribution in [-0.2, 0) is 4.79 Å². The Hall–Kier alpha value is -1.88. The number of hydrogen-bond donors (Lipinski definition) is 0. The number of halogens is 1. The van der Waals surface area contributed by atoms with Crippen LogP contribution in [0.15, 0.2) is 34.3 Å². The molecule has 1 heterocycles. The van der Waals surface area contributed by atoms with Gasteiger partial charge in [-0.2, -0.15) is 0 Å². The Kier molecular flexibility index (Phi) is 3.32. The molecule has 1 aromatic rings. The van der Waals surface area contributed by atoms with E-state index >= 15 is 0 Å². The maximum atomic E-state index is 12.4. The van der Waals surface area contributed by atoms with Gasteiger partial charge in [-0.05, 0) is 41.9 Å². The van der Waals surface area contributed by atoms with Crippen LogP contribution in [0.25, 0.3) is 0 Å². The highest BCUT2D eigenvalue weighted by Gasteiger charge is 2.34. The molecule has 5 heteroatoms. The molecule has 1 aromatic heterocycles. The zero-order chi connectivity index (χ0) is 14.3. The molecule has 0 saturated heterocycles. The number of pyridine rings is 1. The van der Waals surface area contributed by atoms with Gasteiger partial charge in [0.15, 0.2) is 5.78 Å². The van der Waals surface area contributed by atoms with Gasteiger partial charge in [0.05, 0.1) is 15.6 Å². The summed E-state index contributed by atoms with van der Waals surface area (Å²) in [4.78, 5) is 40.0. The smallest absolute Gasteiger partial charge is 0.214 e. The number of aryl methyl sites for hydroxylation is 1. The molecule has 0 fully saturated rings. The van der Waals surface area contributed by atoms with Gasteiger partial charge in [-0.3, -0.25) is 14.4 Å². The summed E-state index contributed by atoms with van der Waals surface area (Å²) in [7, 11) is 0. The molecule has 1 aliphatic rings. The van der Waals surface area contributed by atoms with E-state index in [2.05, 4.69) is 27.5 Å². The van der Waals surface area contributed by atoms with Crippen LogP contribution in [0.1, 0.15) is 33.5 Å². The zero-order valence-electron chi connectivity index (χ0n) is 10.4. The van der Waals surface area contributed by atoms with Gasteiger partial charge in [0.2, 0.25) is 11.6 Å². The highest BCUT2D eigenvalue weighted by molar-refractivity contribution is 9.12. The lowest BCUT2D eigenvalue weighted by atomic mass is 9.88. The van der Waals surface area contributed by atoms with E-state index in [9.17, 15) is 14.4 Å². The number of rotatable bonds is 2. The van der Waals surface area contributed by atoms with Gasteiger partial charge in [0.25, 0.3) is 0 Å². The predicted octanol–water partition coefficient (Wildman–Crippen LogP) is 2.56. The van der Waals surface area contributed by atoms with Gasteiger partial charge in [0, 0.05) is 11.3 Å². The number of nitrogens with zero attached hydrogens (tertiary/aromatic N) is 1. The maximum Gasteiger partial charge on any atom is 0.214 e. The summed E-state index contributed by atoms with van der Waals surface area (Å²) < 4.78 is 0.0656. The van der Waals surface area contributed by atoms with Crippen LogP contribution in [-0.4, -0.2) is 22.3 Å². The van der Waals surface area contributed by atoms with Crippen molar-refractivity contribution < 1.29 is 14.4 Å². The standard InChI is InChI=1S/C14H10BrNO3/c1-6-4-5-9-12(16-6)14(19)10(7(2)8(3)17)11(15)13(9)18/h4-5H,2H2,1,3H3. The van der Waals surface area contributed by atoms with Gasteiger partial charge >= 0.3 is 0 Å². The Bertz CT molecular complexity index is 686. The van der Waals surface area contributed by atoms with Crippen molar-refractivity contribution in [1.82, 2.24) is 4.98 Å². The summed E-state index contributed by atoms with van der Waals surface area (Å²) in [5, 5.41) is 0. The molecule has 0 radical (unpaired) electrons. The molecule has 4 nitrogen and oxygen atoms in total. The third-order valence-electron chi connectivity index (χ3n) is 2.87. The minimum Gasteiger partial charge on any atom is -0.295 e. The molecule has 96 valence electrons. The van der Waals surface area contributed by atoms with Crippen LogP contribution >= 0.6 is 15.9 Å². The molecule has 19 heavy (non-hydrogen) atoms. The van der Waals surface area contributed by atoms with Gasteiger partial charge < -0.3 is 0 Å². The SMILES string of the molecule is C=C(C(C)=O)C1=C(Br)C(=O)c2ccc(C)nc2C1=O. The van der Waals surface area contributed by atoms with E-state index < -0.39 is 5.78 Å². The third kappa shape index (κ3) is 2.10. The van der Waals surface area contributed by atoms with E-state index in [0.717, 1.165) is 0 Å². The van der Waals surface area contributed by atoms with Gasteiger partial charge in [-0.15, -0.1) is 0 Å². The van der Waals surface area contributed by atoms with Gasteiger partial charge in [-0.1, -0.05) is 6.58 Å². The highest BCUT2D eigenvalue weighted by Crippen LogP contribution is 2.32. The summed E-state index contributed by atoms with van der Waals surface area (Å²) in [6.45, 7) is 6.60. The molecule has 0 spiro atoms. The fourth-order valence-corrected chi connectivity index (χ4v) is 2.44. The van der Waals surface area contributed by atoms with Crippen LogP contribution in [0.2, 0.25) is 0 Å². The normalized spacial score (nSPS) is 14.5. The summed E-state index contributed by atoms with van der Waals surface area (Å²) in [5.74, 6) is -1.17. The van der Waals surface area contributed by atoms with Gasteiger partial charge in [-0.25, -0.2) is 4.98 Å². The lowest BCUT2D eigenvalue weighted by molar-refractivity contribution is -0.113. The molecule has 0 aliphatic heterocycles. The second-order valence-electron chi connectivity index (χ2n) is 4.23. The molecule has 0 amide bonds. The second-order valence-corrected chi connectivity index (χ2v) is 5.02. The average Bonchev–Trinajstić information content (AvgIpc) is 2.36. The van der Waals surface area contributed by atoms with E-state index in [1.54, 1.807) is 19.1 Å². The zero-order valence-corrected chi connectivity index (χ0v) is 12.0. The lowest BCUT2D eigenvalue weighted by Crippen LogP contribution is -2.24. The Balaban J connectivity index is 2.69. The van der Waals surface area contributed by atoms with Gasteiger partial charge in [0.1, 0.15) is 5.69 Å². The molecule has 0 N–H and O–H groups in total. The van der Waals surface area contributed by atoms with E-state index in [4.69, 9.17) is 0 Å². The predicted molar refractivity (Wildman–Crippen MR) is 73.4 cm³/mol. The minimum absolute atomic E-state index is 0.00287. The van der Waals surface area contributed by atoms with E-state index in [1.165, 1.54) is 6.92 Å². The number of carbonyl (C=O) groups is 3. The number of hydrogen-bond acceptors (Lipinski definition) is 4. The summed E-state index contributed by atoms with van der Waals surface area (Å²) >= 11 is 3.09. The van der Waals surface area contributed by atoms with Crippen LogP contribution in [0.3, 0.4) is 0 Å². The lowest BCUT2D eigenvalue weighted by Gasteiger charge is -2.17. The van der Waals surface area contributed by atoms with Crippen LogP contribution < -0.4 is 0 Å². The Morgan fingerprint density at radius 2 is 1.89 bits per heavy atom. The molecule has 0 unspecified atom stereocenters. The second kappa shape index (κ2) is 4.66. The molecule has 0 bridgehead atoms. The number of carbonyl (C=O) groups excluding carboxylic acids is 3. The number of allylic oxidation sites excluding steroid dienone is 3. The monoisotopic (exact) mass is 319 g/mol. The molecular weight excluding hydrogens is 310 g/mol. The maximum absolute atomic E-state index is 12.4. The molecule has 1 aliphatic carbocycles. The molecule has 0 saturated carbocycles. The van der Waals surface area contributed by atoms with Crippen molar-refractivity contribution in [3.63, 3.8) is 0 Å². The van der Waals surface area contributed by atoms with E-state index in [0.29, 0.717) is 5.69 Å². The number of fused-ring (bicyclic) bond motifs is 1. The number of ketones is 3. The molecule has 0 aromatic carbocycles. The first-order valence-corrected chi connectivity index (χ1v) is 6.31. The Morgan fingerprint density at radius 1 is 1.26 bits per heavy atom. The number of aromatic nitrogens is 1. The molecule has 2 rings (SSSR count). The highest BCUT2D eigenvalue weighted by atomic mass is 79.9. The van der Waals surface area contributed by atoms with Crippen molar-refractivity contribution in [2.75, 3.05) is 0 Å².